The molecule has 2 aromatic rings. The van der Waals surface area contributed by atoms with Crippen molar-refractivity contribution in [3.8, 4) is 0 Å². The van der Waals surface area contributed by atoms with Crippen molar-refractivity contribution in [1.82, 2.24) is 5.32 Å². The molecule has 0 spiro atoms. The van der Waals surface area contributed by atoms with Crippen molar-refractivity contribution in [3.05, 3.63) is 71.3 Å². The van der Waals surface area contributed by atoms with Gasteiger partial charge in [0.25, 0.3) is 0 Å². The quantitative estimate of drug-likeness (QED) is 0.666. The van der Waals surface area contributed by atoms with Crippen LogP contribution in [0.5, 0.6) is 0 Å². The summed E-state index contributed by atoms with van der Waals surface area (Å²) >= 11 is 1.80. The highest BCUT2D eigenvalue weighted by Crippen LogP contribution is 2.24. The van der Waals surface area contributed by atoms with Crippen molar-refractivity contribution >= 4 is 17.7 Å². The molecule has 0 fully saturated rings. The Kier molecular flexibility index (Phi) is 7.12. The molecule has 1 N–H and O–H groups in total. The van der Waals surface area contributed by atoms with Crippen molar-refractivity contribution < 1.29 is 4.79 Å². The van der Waals surface area contributed by atoms with Gasteiger partial charge in [-0.25, -0.2) is 0 Å². The lowest BCUT2D eigenvalue weighted by atomic mass is 9.86. The zero-order valence-corrected chi connectivity index (χ0v) is 16.5. The molecule has 1 amide bonds. The zero-order valence-electron chi connectivity index (χ0n) is 15.7. The van der Waals surface area contributed by atoms with Crippen LogP contribution in [0.1, 0.15) is 56.8 Å². The van der Waals surface area contributed by atoms with Crippen molar-refractivity contribution in [2.75, 3.05) is 5.75 Å². The SMILES string of the molecule is C[C@H](NC(=O)CCSCc1ccccc1)c1ccc(C(C)(C)C)cc1. The van der Waals surface area contributed by atoms with Gasteiger partial charge < -0.3 is 5.32 Å². The Morgan fingerprint density at radius 1 is 1.04 bits per heavy atom. The van der Waals surface area contributed by atoms with E-state index in [0.29, 0.717) is 6.42 Å². The van der Waals surface area contributed by atoms with Gasteiger partial charge in [-0.2, -0.15) is 11.8 Å². The van der Waals surface area contributed by atoms with E-state index < -0.39 is 0 Å². The van der Waals surface area contributed by atoms with E-state index in [1.807, 2.05) is 13.0 Å². The molecule has 2 nitrogen and oxygen atoms in total. The Morgan fingerprint density at radius 3 is 2.28 bits per heavy atom. The van der Waals surface area contributed by atoms with Crippen molar-refractivity contribution in [2.45, 2.75) is 51.3 Å². The molecule has 0 bridgehead atoms. The van der Waals surface area contributed by atoms with E-state index in [4.69, 9.17) is 0 Å². The third-order valence-electron chi connectivity index (χ3n) is 4.24. The predicted molar refractivity (Wildman–Crippen MR) is 109 cm³/mol. The number of rotatable bonds is 7. The summed E-state index contributed by atoms with van der Waals surface area (Å²) in [5.74, 6) is 1.92. The van der Waals surface area contributed by atoms with Gasteiger partial charge in [0.15, 0.2) is 0 Å². The predicted octanol–water partition coefficient (Wildman–Crippen LogP) is 5.48. The second-order valence-electron chi connectivity index (χ2n) is 7.45. The van der Waals surface area contributed by atoms with E-state index in [2.05, 4.69) is 74.6 Å². The number of hydrogen-bond acceptors (Lipinski definition) is 2. The fourth-order valence-electron chi connectivity index (χ4n) is 2.60. The van der Waals surface area contributed by atoms with E-state index >= 15 is 0 Å². The van der Waals surface area contributed by atoms with Crippen LogP contribution >= 0.6 is 11.8 Å². The number of thioether (sulfide) groups is 1. The molecule has 134 valence electrons. The van der Waals surface area contributed by atoms with Gasteiger partial charge in [-0.15, -0.1) is 0 Å². The fourth-order valence-corrected chi connectivity index (χ4v) is 3.50. The minimum absolute atomic E-state index is 0.0423. The van der Waals surface area contributed by atoms with Gasteiger partial charge in [-0.05, 0) is 29.0 Å². The molecule has 0 aliphatic rings. The topological polar surface area (TPSA) is 29.1 Å². The minimum Gasteiger partial charge on any atom is -0.350 e. The standard InChI is InChI=1S/C22H29NOS/c1-17(19-10-12-20(13-11-19)22(2,3)4)23-21(24)14-15-25-16-18-8-6-5-7-9-18/h5-13,17H,14-16H2,1-4H3,(H,23,24)/t17-/m0/s1. The van der Waals surface area contributed by atoms with Crippen LogP contribution in [0.25, 0.3) is 0 Å². The molecule has 2 rings (SSSR count). The minimum atomic E-state index is 0.0423. The van der Waals surface area contributed by atoms with Gasteiger partial charge >= 0.3 is 0 Å². The number of carbonyl (C=O) groups excluding carboxylic acids is 1. The number of nitrogens with one attached hydrogen (secondary N) is 1. The Labute approximate surface area is 156 Å². The average molecular weight is 356 g/mol. The molecule has 0 aliphatic heterocycles. The molecule has 0 radical (unpaired) electrons. The normalized spacial score (nSPS) is 12.6. The first kappa shape index (κ1) is 19.6. The maximum absolute atomic E-state index is 12.1. The smallest absolute Gasteiger partial charge is 0.221 e. The monoisotopic (exact) mass is 355 g/mol. The van der Waals surface area contributed by atoms with Crippen LogP contribution in [-0.2, 0) is 16.0 Å². The summed E-state index contributed by atoms with van der Waals surface area (Å²) < 4.78 is 0. The Morgan fingerprint density at radius 2 is 1.68 bits per heavy atom. The highest BCUT2D eigenvalue weighted by molar-refractivity contribution is 7.98. The molecule has 0 unspecified atom stereocenters. The first-order chi connectivity index (χ1) is 11.9. The number of amides is 1. The number of benzene rings is 2. The highest BCUT2D eigenvalue weighted by atomic mass is 32.2. The molecule has 1 atom stereocenters. The maximum Gasteiger partial charge on any atom is 0.221 e. The molecule has 0 heterocycles. The first-order valence-electron chi connectivity index (χ1n) is 8.88. The summed E-state index contributed by atoms with van der Waals surface area (Å²) in [5.41, 5.74) is 3.92. The molecule has 25 heavy (non-hydrogen) atoms. The highest BCUT2D eigenvalue weighted by Gasteiger charge is 2.14. The summed E-state index contributed by atoms with van der Waals surface area (Å²) in [6.07, 6.45) is 0.557. The molecule has 0 saturated heterocycles. The van der Waals surface area contributed by atoms with Crippen molar-refractivity contribution in [1.29, 1.82) is 0 Å². The number of hydrogen-bond donors (Lipinski definition) is 1. The van der Waals surface area contributed by atoms with E-state index in [9.17, 15) is 4.79 Å². The van der Waals surface area contributed by atoms with Gasteiger partial charge in [0.2, 0.25) is 5.91 Å². The van der Waals surface area contributed by atoms with Crippen LogP contribution < -0.4 is 5.32 Å². The van der Waals surface area contributed by atoms with Crippen LogP contribution in [-0.4, -0.2) is 11.7 Å². The largest absolute Gasteiger partial charge is 0.350 e. The van der Waals surface area contributed by atoms with Crippen LogP contribution in [0.4, 0.5) is 0 Å². The van der Waals surface area contributed by atoms with Gasteiger partial charge in [0.05, 0.1) is 6.04 Å². The molecule has 3 heteroatoms. The summed E-state index contributed by atoms with van der Waals surface area (Å²) in [5, 5.41) is 3.10. The summed E-state index contributed by atoms with van der Waals surface area (Å²) in [6.45, 7) is 8.67. The van der Waals surface area contributed by atoms with Crippen molar-refractivity contribution in [3.63, 3.8) is 0 Å². The molecule has 0 saturated carbocycles. The summed E-state index contributed by atoms with van der Waals surface area (Å²) in [6, 6.07) is 19.0. The fraction of sp³-hybridized carbons (Fsp3) is 0.409. The lowest BCUT2D eigenvalue weighted by Crippen LogP contribution is -2.27. The third kappa shape index (κ3) is 6.58. The zero-order chi connectivity index (χ0) is 18.3. The van der Waals surface area contributed by atoms with Crippen LogP contribution in [0.2, 0.25) is 0 Å². The van der Waals surface area contributed by atoms with Crippen molar-refractivity contribution in [2.24, 2.45) is 0 Å². The van der Waals surface area contributed by atoms with Crippen LogP contribution in [0, 0.1) is 0 Å². The summed E-state index contributed by atoms with van der Waals surface area (Å²) in [4.78, 5) is 12.1. The molecular weight excluding hydrogens is 326 g/mol. The van der Waals surface area contributed by atoms with E-state index in [0.717, 1.165) is 17.1 Å². The lowest BCUT2D eigenvalue weighted by molar-refractivity contribution is -0.121. The Hall–Kier alpha value is -1.74. The van der Waals surface area contributed by atoms with Gasteiger partial charge in [-0.1, -0.05) is 75.4 Å². The lowest BCUT2D eigenvalue weighted by Gasteiger charge is -2.20. The molecule has 0 aliphatic carbocycles. The van der Waals surface area contributed by atoms with Gasteiger partial charge in [0, 0.05) is 17.9 Å². The summed E-state index contributed by atoms with van der Waals surface area (Å²) in [7, 11) is 0. The average Bonchev–Trinajstić information content (AvgIpc) is 2.59. The maximum atomic E-state index is 12.1. The van der Waals surface area contributed by atoms with E-state index in [1.165, 1.54) is 11.1 Å². The second kappa shape index (κ2) is 9.10. The third-order valence-corrected chi connectivity index (χ3v) is 5.27. The van der Waals surface area contributed by atoms with Crippen LogP contribution in [0.15, 0.2) is 54.6 Å². The molecule has 0 aromatic heterocycles. The Bertz CT molecular complexity index is 659. The number of carbonyl (C=O) groups is 1. The van der Waals surface area contributed by atoms with Gasteiger partial charge in [0.1, 0.15) is 0 Å². The molecular formula is C22H29NOS. The van der Waals surface area contributed by atoms with Gasteiger partial charge in [-0.3, -0.25) is 4.79 Å². The Balaban J connectivity index is 1.74. The van der Waals surface area contributed by atoms with E-state index in [1.54, 1.807) is 11.8 Å². The first-order valence-corrected chi connectivity index (χ1v) is 10.0. The second-order valence-corrected chi connectivity index (χ2v) is 8.55. The van der Waals surface area contributed by atoms with Crippen LogP contribution in [0.3, 0.4) is 0 Å². The molecule has 2 aromatic carbocycles. The van der Waals surface area contributed by atoms with E-state index in [-0.39, 0.29) is 17.4 Å².